The molecule has 0 aromatic rings. The molecule has 7 nitrogen and oxygen atoms in total. The summed E-state index contributed by atoms with van der Waals surface area (Å²) in [6.07, 6.45) is 11.9. The van der Waals surface area contributed by atoms with Crippen LogP contribution in [0.15, 0.2) is 11.1 Å². The zero-order valence-electron chi connectivity index (χ0n) is 25.8. The smallest absolute Gasteiger partial charge is 0.219 e. The Labute approximate surface area is 241 Å². The predicted molar refractivity (Wildman–Crippen MR) is 156 cm³/mol. The first-order chi connectivity index (χ1) is 18.9. The van der Waals surface area contributed by atoms with Crippen molar-refractivity contribution < 1.29 is 14.3 Å². The number of Topliss-reactive ketones (excluding diaryl/α,β-unsaturated/α-hetero) is 1. The van der Waals surface area contributed by atoms with Crippen LogP contribution in [0.4, 0.5) is 0 Å². The summed E-state index contributed by atoms with van der Waals surface area (Å²) in [6, 6.07) is 0. The molecule has 0 aromatic carbocycles. The van der Waals surface area contributed by atoms with E-state index in [0.717, 1.165) is 64.6 Å². The number of hydrogen-bond acceptors (Lipinski definition) is 6. The minimum absolute atomic E-state index is 0.128. The van der Waals surface area contributed by atoms with E-state index in [9.17, 15) is 9.59 Å². The van der Waals surface area contributed by atoms with Crippen LogP contribution in [0, 0.1) is 23.2 Å². The Balaban J connectivity index is 1.17. The number of rotatable bonds is 4. The Morgan fingerprint density at radius 3 is 2.77 bits per heavy atom. The normalized spacial score (nSPS) is 49.6. The van der Waals surface area contributed by atoms with Gasteiger partial charge in [-0.2, -0.15) is 0 Å². The lowest BCUT2D eigenvalue weighted by Gasteiger charge is -2.52. The van der Waals surface area contributed by atoms with Crippen molar-refractivity contribution in [3.05, 3.63) is 11.1 Å². The Morgan fingerprint density at radius 2 is 2.02 bits per heavy atom. The van der Waals surface area contributed by atoms with Gasteiger partial charge in [-0.25, -0.2) is 0 Å². The summed E-state index contributed by atoms with van der Waals surface area (Å²) in [5.41, 5.74) is 3.65. The highest BCUT2D eigenvalue weighted by Crippen LogP contribution is 2.74. The molecule has 7 aliphatic rings. The van der Waals surface area contributed by atoms with Gasteiger partial charge in [-0.15, -0.1) is 0 Å². The number of carbonyl (C=O) groups is 2. The van der Waals surface area contributed by atoms with E-state index in [1.807, 2.05) is 11.9 Å². The van der Waals surface area contributed by atoms with Crippen LogP contribution in [-0.4, -0.2) is 83.7 Å². The quantitative estimate of drug-likeness (QED) is 0.405. The molecule has 3 heterocycles. The molecule has 3 saturated carbocycles. The number of carbonyl (C=O) groups excluding carboxylic acids is 2. The van der Waals surface area contributed by atoms with Crippen LogP contribution in [0.25, 0.3) is 0 Å². The molecule has 40 heavy (non-hydrogen) atoms. The number of ketones is 1. The number of nitrogens with one attached hydrogen (secondary N) is 2. The molecule has 6 fully saturated rings. The van der Waals surface area contributed by atoms with Crippen molar-refractivity contribution in [2.24, 2.45) is 23.2 Å². The molecular weight excluding hydrogens is 500 g/mol. The average Bonchev–Trinajstić information content (AvgIpc) is 3.33. The first kappa shape index (κ1) is 27.5. The fourth-order valence-electron chi connectivity index (χ4n) is 11.4. The standard InChI is InChI=1S/C33H52N4O3/c1-21-15-28-33(34-5,37(19-21)14-13-36(6)23(3)38)20-30(40-28)11-12-31-26(22(2)18-30)17-27-29(4)9-8-25(39)16-24(29)7-10-32(27,31)35-31/h21,24,27-28,34-35H,7-20H2,1-6H3. The molecule has 7 rings (SSSR count). The van der Waals surface area contributed by atoms with Gasteiger partial charge in [0.05, 0.1) is 17.2 Å². The highest BCUT2D eigenvalue weighted by Gasteiger charge is 2.80. The van der Waals surface area contributed by atoms with Crippen molar-refractivity contribution in [2.45, 2.75) is 127 Å². The van der Waals surface area contributed by atoms with Crippen molar-refractivity contribution in [3.63, 3.8) is 0 Å². The van der Waals surface area contributed by atoms with Crippen LogP contribution in [0.5, 0.6) is 0 Å². The minimum Gasteiger partial charge on any atom is -0.368 e. The van der Waals surface area contributed by atoms with Gasteiger partial charge in [0, 0.05) is 58.4 Å². The van der Waals surface area contributed by atoms with E-state index in [1.165, 1.54) is 25.7 Å². The summed E-state index contributed by atoms with van der Waals surface area (Å²) < 4.78 is 7.29. The third-order valence-corrected chi connectivity index (χ3v) is 13.6. The Morgan fingerprint density at radius 1 is 1.23 bits per heavy atom. The Kier molecular flexibility index (Phi) is 6.11. The molecule has 0 aromatic heterocycles. The van der Waals surface area contributed by atoms with Crippen LogP contribution in [0.2, 0.25) is 0 Å². The number of likely N-dealkylation sites (tertiary alicyclic amines) is 1. The second kappa shape index (κ2) is 8.87. The molecule has 0 radical (unpaired) electrons. The molecule has 9 atom stereocenters. The van der Waals surface area contributed by atoms with E-state index in [4.69, 9.17) is 4.74 Å². The van der Waals surface area contributed by atoms with E-state index in [0.29, 0.717) is 29.0 Å². The Bertz CT molecular complexity index is 1150. The zero-order valence-corrected chi connectivity index (χ0v) is 25.8. The summed E-state index contributed by atoms with van der Waals surface area (Å²) in [5.74, 6) is 2.43. The van der Waals surface area contributed by atoms with Gasteiger partial charge in [-0.1, -0.05) is 19.4 Å². The van der Waals surface area contributed by atoms with Gasteiger partial charge in [-0.05, 0) is 94.1 Å². The largest absolute Gasteiger partial charge is 0.368 e. The average molecular weight is 553 g/mol. The Hall–Kier alpha value is -1.28. The molecule has 4 aliphatic carbocycles. The molecule has 2 N–H and O–H groups in total. The molecule has 3 aliphatic heterocycles. The maximum atomic E-state index is 12.4. The lowest BCUT2D eigenvalue weighted by atomic mass is 9.52. The van der Waals surface area contributed by atoms with E-state index in [1.54, 1.807) is 18.1 Å². The second-order valence-corrected chi connectivity index (χ2v) is 15.5. The monoisotopic (exact) mass is 552 g/mol. The third-order valence-electron chi connectivity index (χ3n) is 13.6. The zero-order chi connectivity index (χ0) is 28.3. The second-order valence-electron chi connectivity index (χ2n) is 15.5. The highest BCUT2D eigenvalue weighted by atomic mass is 16.5. The van der Waals surface area contributed by atoms with Gasteiger partial charge in [0.2, 0.25) is 5.91 Å². The summed E-state index contributed by atoms with van der Waals surface area (Å²) in [6.45, 7) is 11.6. The molecule has 7 heteroatoms. The number of likely N-dealkylation sites (N-methyl/N-ethyl adjacent to an activating group) is 2. The first-order valence-electron chi connectivity index (χ1n) is 16.3. The SMILES string of the molecule is CNC12CC3(CCC45NC46CCC4CC(=O)CCC4(C)C6CC5=C(C)C3)OC1CC(C)CN2CCN(C)C(C)=O. The number of fused-ring (bicyclic) bond motifs is 3. The van der Waals surface area contributed by atoms with Gasteiger partial charge in [0.25, 0.3) is 0 Å². The van der Waals surface area contributed by atoms with Crippen LogP contribution in [0.3, 0.4) is 0 Å². The fraction of sp³-hybridized carbons (Fsp3) is 0.879. The molecule has 1 amide bonds. The molecule has 3 spiro atoms. The molecule has 222 valence electrons. The molecular formula is C33H52N4O3. The topological polar surface area (TPSA) is 83.8 Å². The van der Waals surface area contributed by atoms with Crippen molar-refractivity contribution in [3.8, 4) is 0 Å². The number of ether oxygens (including phenoxy) is 1. The van der Waals surface area contributed by atoms with Gasteiger partial charge >= 0.3 is 0 Å². The lowest BCUT2D eigenvalue weighted by molar-refractivity contribution is -0.130. The highest BCUT2D eigenvalue weighted by molar-refractivity contribution is 5.80. The number of amides is 1. The minimum atomic E-state index is -0.177. The molecule has 0 bridgehead atoms. The van der Waals surface area contributed by atoms with E-state index in [2.05, 4.69) is 43.4 Å². The van der Waals surface area contributed by atoms with Crippen LogP contribution in [-0.2, 0) is 14.3 Å². The summed E-state index contributed by atoms with van der Waals surface area (Å²) in [4.78, 5) is 28.8. The van der Waals surface area contributed by atoms with Crippen molar-refractivity contribution >= 4 is 11.7 Å². The predicted octanol–water partition coefficient (Wildman–Crippen LogP) is 4.02. The fourth-order valence-corrected chi connectivity index (χ4v) is 11.4. The molecule has 3 saturated heterocycles. The maximum Gasteiger partial charge on any atom is 0.219 e. The summed E-state index contributed by atoms with van der Waals surface area (Å²) in [5, 5.41) is 8.03. The van der Waals surface area contributed by atoms with Gasteiger partial charge in [-0.3, -0.25) is 25.1 Å². The van der Waals surface area contributed by atoms with E-state index in [-0.39, 0.29) is 34.4 Å². The van der Waals surface area contributed by atoms with Crippen LogP contribution < -0.4 is 10.6 Å². The third kappa shape index (κ3) is 3.56. The maximum absolute atomic E-state index is 12.4. The van der Waals surface area contributed by atoms with E-state index < -0.39 is 0 Å². The number of nitrogens with zero attached hydrogens (tertiary/aromatic N) is 2. The van der Waals surface area contributed by atoms with Crippen molar-refractivity contribution in [2.75, 3.05) is 33.7 Å². The van der Waals surface area contributed by atoms with Crippen LogP contribution >= 0.6 is 0 Å². The summed E-state index contributed by atoms with van der Waals surface area (Å²) >= 11 is 0. The van der Waals surface area contributed by atoms with Gasteiger partial charge < -0.3 is 9.64 Å². The van der Waals surface area contributed by atoms with Gasteiger partial charge in [0.15, 0.2) is 0 Å². The first-order valence-corrected chi connectivity index (χ1v) is 16.3. The number of hydrogen-bond donors (Lipinski definition) is 2. The van der Waals surface area contributed by atoms with E-state index >= 15 is 0 Å². The van der Waals surface area contributed by atoms with Crippen LogP contribution in [0.1, 0.15) is 98.3 Å². The lowest BCUT2D eigenvalue weighted by Crippen LogP contribution is -2.67. The van der Waals surface area contributed by atoms with Crippen molar-refractivity contribution in [1.82, 2.24) is 20.4 Å². The van der Waals surface area contributed by atoms with Gasteiger partial charge in [0.1, 0.15) is 11.4 Å². The molecule has 9 unspecified atom stereocenters. The van der Waals surface area contributed by atoms with Crippen molar-refractivity contribution in [1.29, 1.82) is 0 Å². The summed E-state index contributed by atoms with van der Waals surface area (Å²) in [7, 11) is 4.04. The number of piperidine rings is 2.